The number of nitrogens with zero attached hydrogens (tertiary/aromatic N) is 4. The third-order valence-corrected chi connectivity index (χ3v) is 4.36. The molecule has 0 aliphatic carbocycles. The first kappa shape index (κ1) is 15.7. The molecule has 1 aliphatic heterocycles. The van der Waals surface area contributed by atoms with Gasteiger partial charge in [-0.25, -0.2) is 4.79 Å². The van der Waals surface area contributed by atoms with Crippen LogP contribution in [0.1, 0.15) is 44.9 Å². The van der Waals surface area contributed by atoms with Gasteiger partial charge >= 0.3 is 6.03 Å². The summed E-state index contributed by atoms with van der Waals surface area (Å²) in [6.45, 7) is 5.41. The largest absolute Gasteiger partial charge is 0.328 e. The van der Waals surface area contributed by atoms with Crippen molar-refractivity contribution in [1.29, 1.82) is 0 Å². The summed E-state index contributed by atoms with van der Waals surface area (Å²) in [4.78, 5) is 14.4. The summed E-state index contributed by atoms with van der Waals surface area (Å²) in [6, 6.07) is 3.77. The maximum Gasteiger partial charge on any atom is 0.322 e. The number of anilines is 1. The third-order valence-electron chi connectivity index (χ3n) is 4.36. The number of fused-ring (bicyclic) bond motifs is 1. The minimum Gasteiger partial charge on any atom is -0.328 e. The molecule has 3 rings (SSSR count). The zero-order valence-electron chi connectivity index (χ0n) is 13.7. The van der Waals surface area contributed by atoms with Gasteiger partial charge in [-0.15, -0.1) is 10.2 Å². The maximum atomic E-state index is 12.5. The monoisotopic (exact) mass is 316 g/mol. The van der Waals surface area contributed by atoms with E-state index in [1.54, 1.807) is 0 Å². The zero-order valence-corrected chi connectivity index (χ0v) is 13.7. The highest BCUT2D eigenvalue weighted by Gasteiger charge is 2.25. The Morgan fingerprint density at radius 1 is 1.39 bits per heavy atom. The number of amides is 2. The Bertz CT molecular complexity index is 695. The normalized spacial score (nSPS) is 18.6. The van der Waals surface area contributed by atoms with Gasteiger partial charge in [0.2, 0.25) is 0 Å². The van der Waals surface area contributed by atoms with E-state index in [0.717, 1.165) is 43.0 Å². The predicted octanol–water partition coefficient (Wildman–Crippen LogP) is 2.20. The van der Waals surface area contributed by atoms with E-state index in [9.17, 15) is 4.79 Å². The van der Waals surface area contributed by atoms with Crippen LogP contribution in [0, 0.1) is 0 Å². The van der Waals surface area contributed by atoms with Gasteiger partial charge in [-0.3, -0.25) is 4.40 Å². The summed E-state index contributed by atoms with van der Waals surface area (Å²) < 4.78 is 1.93. The van der Waals surface area contributed by atoms with Crippen molar-refractivity contribution in [2.45, 2.75) is 45.1 Å². The van der Waals surface area contributed by atoms with Gasteiger partial charge in [0.1, 0.15) is 5.82 Å². The van der Waals surface area contributed by atoms with E-state index in [-0.39, 0.29) is 18.0 Å². The molecule has 2 aromatic rings. The maximum absolute atomic E-state index is 12.5. The molecule has 1 fully saturated rings. The van der Waals surface area contributed by atoms with E-state index < -0.39 is 0 Å². The van der Waals surface area contributed by atoms with Gasteiger partial charge in [-0.2, -0.15) is 0 Å². The van der Waals surface area contributed by atoms with E-state index in [1.807, 2.05) is 27.6 Å². The lowest BCUT2D eigenvalue weighted by Crippen LogP contribution is -2.49. The number of piperidine rings is 1. The zero-order chi connectivity index (χ0) is 16.4. The topological polar surface area (TPSA) is 88.5 Å². The predicted molar refractivity (Wildman–Crippen MR) is 89.5 cm³/mol. The quantitative estimate of drug-likeness (QED) is 0.908. The average Bonchev–Trinajstić information content (AvgIpc) is 2.98. The van der Waals surface area contributed by atoms with Crippen LogP contribution in [0.2, 0.25) is 0 Å². The molecule has 2 aromatic heterocycles. The first-order valence-electron chi connectivity index (χ1n) is 8.22. The number of hydrogen-bond acceptors (Lipinski definition) is 4. The third kappa shape index (κ3) is 3.14. The second-order valence-electron chi connectivity index (χ2n) is 6.37. The van der Waals surface area contributed by atoms with Crippen molar-refractivity contribution in [2.75, 3.05) is 18.4 Å². The van der Waals surface area contributed by atoms with Crippen molar-refractivity contribution < 1.29 is 4.79 Å². The van der Waals surface area contributed by atoms with Crippen LogP contribution in [0.25, 0.3) is 5.65 Å². The van der Waals surface area contributed by atoms with Crippen molar-refractivity contribution in [2.24, 2.45) is 5.73 Å². The highest BCUT2D eigenvalue weighted by Crippen LogP contribution is 2.20. The standard InChI is InChI=1S/C16H24N6O/c1-11(2)15-20-19-14-7-6-12(10-22(14)15)18-16(23)21-8-4-3-5-13(21)9-17/h6-7,10-11,13H,3-5,8-9,17H2,1-2H3,(H,18,23). The highest BCUT2D eigenvalue weighted by atomic mass is 16.2. The van der Waals surface area contributed by atoms with Crippen molar-refractivity contribution in [1.82, 2.24) is 19.5 Å². The number of likely N-dealkylation sites (tertiary alicyclic amines) is 1. The van der Waals surface area contributed by atoms with Crippen LogP contribution < -0.4 is 11.1 Å². The Morgan fingerprint density at radius 2 is 2.22 bits per heavy atom. The number of hydrogen-bond donors (Lipinski definition) is 2. The molecule has 1 aliphatic rings. The van der Waals surface area contributed by atoms with Crippen molar-refractivity contribution in [3.8, 4) is 0 Å². The van der Waals surface area contributed by atoms with E-state index in [1.165, 1.54) is 0 Å². The van der Waals surface area contributed by atoms with E-state index in [0.29, 0.717) is 6.54 Å². The van der Waals surface area contributed by atoms with Crippen LogP contribution in [0.5, 0.6) is 0 Å². The van der Waals surface area contributed by atoms with Crippen LogP contribution in [-0.2, 0) is 0 Å². The summed E-state index contributed by atoms with van der Waals surface area (Å²) in [5, 5.41) is 11.3. The van der Waals surface area contributed by atoms with Gasteiger partial charge in [0, 0.05) is 31.2 Å². The molecule has 124 valence electrons. The summed E-state index contributed by atoms with van der Waals surface area (Å²) in [6.07, 6.45) is 5.03. The molecule has 0 spiro atoms. The van der Waals surface area contributed by atoms with E-state index >= 15 is 0 Å². The lowest BCUT2D eigenvalue weighted by Gasteiger charge is -2.34. The lowest BCUT2D eigenvalue weighted by molar-refractivity contribution is 0.166. The summed E-state index contributed by atoms with van der Waals surface area (Å²) in [5.41, 5.74) is 7.32. The van der Waals surface area contributed by atoms with E-state index in [4.69, 9.17) is 5.73 Å². The molecule has 7 nitrogen and oxygen atoms in total. The molecule has 1 unspecified atom stereocenters. The molecule has 7 heteroatoms. The number of nitrogens with one attached hydrogen (secondary N) is 1. The smallest absolute Gasteiger partial charge is 0.322 e. The number of urea groups is 1. The molecule has 23 heavy (non-hydrogen) atoms. The minimum atomic E-state index is -0.0846. The number of nitrogens with two attached hydrogens (primary N) is 1. The number of rotatable bonds is 3. The van der Waals surface area contributed by atoms with Crippen molar-refractivity contribution in [3.05, 3.63) is 24.2 Å². The van der Waals surface area contributed by atoms with Crippen LogP contribution in [-0.4, -0.2) is 44.7 Å². The molecule has 3 N–H and O–H groups in total. The van der Waals surface area contributed by atoms with Gasteiger partial charge in [-0.1, -0.05) is 13.8 Å². The van der Waals surface area contributed by atoms with Crippen LogP contribution in [0.15, 0.2) is 18.3 Å². The highest BCUT2D eigenvalue weighted by molar-refractivity contribution is 5.89. The Morgan fingerprint density at radius 3 is 2.96 bits per heavy atom. The molecule has 0 saturated carbocycles. The molecular weight excluding hydrogens is 292 g/mol. The van der Waals surface area contributed by atoms with Gasteiger partial charge in [0.25, 0.3) is 0 Å². The lowest BCUT2D eigenvalue weighted by atomic mass is 10.0. The van der Waals surface area contributed by atoms with E-state index in [2.05, 4.69) is 29.4 Å². The Labute approximate surface area is 135 Å². The molecule has 3 heterocycles. The molecular formula is C16H24N6O. The summed E-state index contributed by atoms with van der Waals surface area (Å²) in [5.74, 6) is 1.15. The molecule has 2 amide bonds. The van der Waals surface area contributed by atoms with Crippen LogP contribution >= 0.6 is 0 Å². The van der Waals surface area contributed by atoms with Crippen molar-refractivity contribution in [3.63, 3.8) is 0 Å². The summed E-state index contributed by atoms with van der Waals surface area (Å²) in [7, 11) is 0. The van der Waals surface area contributed by atoms with Gasteiger partial charge in [0.15, 0.2) is 5.65 Å². The fraction of sp³-hybridized carbons (Fsp3) is 0.562. The molecule has 0 aromatic carbocycles. The SMILES string of the molecule is CC(C)c1nnc2ccc(NC(=O)N3CCCCC3CN)cn12. The van der Waals surface area contributed by atoms with Gasteiger partial charge < -0.3 is 16.0 Å². The number of aromatic nitrogens is 3. The Balaban J connectivity index is 1.80. The molecule has 0 bridgehead atoms. The minimum absolute atomic E-state index is 0.0846. The second kappa shape index (κ2) is 6.54. The fourth-order valence-corrected chi connectivity index (χ4v) is 3.08. The Kier molecular flexibility index (Phi) is 4.47. The first-order valence-corrected chi connectivity index (χ1v) is 8.22. The average molecular weight is 316 g/mol. The second-order valence-corrected chi connectivity index (χ2v) is 6.37. The Hall–Kier alpha value is -2.15. The number of carbonyl (C=O) groups is 1. The number of pyridine rings is 1. The van der Waals surface area contributed by atoms with Crippen LogP contribution in [0.4, 0.5) is 10.5 Å². The number of carbonyl (C=O) groups excluding carboxylic acids is 1. The van der Waals surface area contributed by atoms with Crippen LogP contribution in [0.3, 0.4) is 0 Å². The van der Waals surface area contributed by atoms with Gasteiger partial charge in [-0.05, 0) is 31.4 Å². The first-order chi connectivity index (χ1) is 11.1. The fourth-order valence-electron chi connectivity index (χ4n) is 3.08. The van der Waals surface area contributed by atoms with Gasteiger partial charge in [0.05, 0.1) is 5.69 Å². The van der Waals surface area contributed by atoms with Crippen molar-refractivity contribution >= 4 is 17.4 Å². The molecule has 1 atom stereocenters. The molecule has 1 saturated heterocycles. The summed E-state index contributed by atoms with van der Waals surface area (Å²) >= 11 is 0. The molecule has 0 radical (unpaired) electrons.